The van der Waals surface area contributed by atoms with Crippen molar-refractivity contribution in [2.24, 2.45) is 0 Å². The van der Waals surface area contributed by atoms with E-state index >= 15 is 0 Å². The molecular weight excluding hydrogens is 258 g/mol. The van der Waals surface area contributed by atoms with E-state index < -0.39 is 0 Å². The van der Waals surface area contributed by atoms with Crippen LogP contribution in [0.15, 0.2) is 0 Å². The highest BCUT2D eigenvalue weighted by Gasteiger charge is 2.30. The summed E-state index contributed by atoms with van der Waals surface area (Å²) in [5.74, 6) is 0.941. The Morgan fingerprint density at radius 2 is 2.20 bits per heavy atom. The van der Waals surface area contributed by atoms with Gasteiger partial charge in [-0.25, -0.2) is 4.68 Å². The molecule has 7 nitrogen and oxygen atoms in total. The number of amides is 1. The monoisotopic (exact) mass is 281 g/mol. The number of rotatable bonds is 5. The van der Waals surface area contributed by atoms with Crippen molar-refractivity contribution < 1.29 is 9.90 Å². The van der Waals surface area contributed by atoms with Gasteiger partial charge in [-0.05, 0) is 36.6 Å². The SMILES string of the molecule is CC(O)CC1CCCN1C(=O)Cn1nnnc1C(C)C. The predicted molar refractivity (Wildman–Crippen MR) is 72.9 cm³/mol. The van der Waals surface area contributed by atoms with Crippen LogP contribution in [-0.2, 0) is 11.3 Å². The van der Waals surface area contributed by atoms with E-state index in [1.54, 1.807) is 11.6 Å². The lowest BCUT2D eigenvalue weighted by molar-refractivity contribution is -0.133. The molecule has 112 valence electrons. The zero-order chi connectivity index (χ0) is 14.7. The first kappa shape index (κ1) is 14.9. The molecular formula is C13H23N5O2. The maximum atomic E-state index is 12.4. The third-order valence-electron chi connectivity index (χ3n) is 3.67. The van der Waals surface area contributed by atoms with Gasteiger partial charge in [0.25, 0.3) is 0 Å². The predicted octanol–water partition coefficient (Wildman–Crippen LogP) is 0.558. The van der Waals surface area contributed by atoms with E-state index in [1.807, 2.05) is 18.7 Å². The van der Waals surface area contributed by atoms with E-state index in [2.05, 4.69) is 15.5 Å². The zero-order valence-corrected chi connectivity index (χ0v) is 12.4. The summed E-state index contributed by atoms with van der Waals surface area (Å²) in [6.45, 7) is 6.70. The lowest BCUT2D eigenvalue weighted by Crippen LogP contribution is -2.39. The molecule has 0 radical (unpaired) electrons. The van der Waals surface area contributed by atoms with Crippen molar-refractivity contribution in [2.75, 3.05) is 6.54 Å². The fraction of sp³-hybridized carbons (Fsp3) is 0.846. The number of carbonyl (C=O) groups is 1. The zero-order valence-electron chi connectivity index (χ0n) is 12.4. The molecule has 0 saturated carbocycles. The van der Waals surface area contributed by atoms with Crippen molar-refractivity contribution in [3.05, 3.63) is 5.82 Å². The Morgan fingerprint density at radius 1 is 1.45 bits per heavy atom. The Labute approximate surface area is 119 Å². The van der Waals surface area contributed by atoms with Gasteiger partial charge in [0.1, 0.15) is 6.54 Å². The second-order valence-electron chi connectivity index (χ2n) is 5.82. The fourth-order valence-electron chi connectivity index (χ4n) is 2.76. The van der Waals surface area contributed by atoms with Crippen molar-refractivity contribution in [1.82, 2.24) is 25.1 Å². The highest BCUT2D eigenvalue weighted by Crippen LogP contribution is 2.22. The Balaban J connectivity index is 2.02. The fourth-order valence-corrected chi connectivity index (χ4v) is 2.76. The summed E-state index contributed by atoms with van der Waals surface area (Å²) in [5.41, 5.74) is 0. The van der Waals surface area contributed by atoms with Gasteiger partial charge in [-0.2, -0.15) is 0 Å². The second kappa shape index (κ2) is 6.30. The van der Waals surface area contributed by atoms with Crippen LogP contribution in [0.4, 0.5) is 0 Å². The van der Waals surface area contributed by atoms with Crippen molar-refractivity contribution >= 4 is 5.91 Å². The smallest absolute Gasteiger partial charge is 0.244 e. The van der Waals surface area contributed by atoms with Crippen LogP contribution in [0.3, 0.4) is 0 Å². The highest BCUT2D eigenvalue weighted by atomic mass is 16.3. The third-order valence-corrected chi connectivity index (χ3v) is 3.67. The molecule has 0 spiro atoms. The molecule has 1 fully saturated rings. The van der Waals surface area contributed by atoms with E-state index in [-0.39, 0.29) is 30.5 Å². The van der Waals surface area contributed by atoms with Crippen molar-refractivity contribution in [1.29, 1.82) is 0 Å². The van der Waals surface area contributed by atoms with E-state index in [0.717, 1.165) is 25.2 Å². The van der Waals surface area contributed by atoms with E-state index in [4.69, 9.17) is 0 Å². The molecule has 0 aliphatic carbocycles. The van der Waals surface area contributed by atoms with Crippen LogP contribution in [0, 0.1) is 0 Å². The van der Waals surface area contributed by atoms with Gasteiger partial charge < -0.3 is 10.0 Å². The molecule has 1 aliphatic rings. The summed E-state index contributed by atoms with van der Waals surface area (Å²) in [6.07, 6.45) is 2.21. The van der Waals surface area contributed by atoms with Gasteiger partial charge in [-0.3, -0.25) is 4.79 Å². The van der Waals surface area contributed by atoms with Crippen LogP contribution >= 0.6 is 0 Å². The molecule has 20 heavy (non-hydrogen) atoms. The van der Waals surface area contributed by atoms with Gasteiger partial charge >= 0.3 is 0 Å². The van der Waals surface area contributed by atoms with Gasteiger partial charge in [-0.15, -0.1) is 5.10 Å². The van der Waals surface area contributed by atoms with Crippen LogP contribution in [0.2, 0.25) is 0 Å². The summed E-state index contributed by atoms with van der Waals surface area (Å²) in [6, 6.07) is 0.140. The topological polar surface area (TPSA) is 84.1 Å². The highest BCUT2D eigenvalue weighted by molar-refractivity contribution is 5.76. The molecule has 1 saturated heterocycles. The molecule has 2 unspecified atom stereocenters. The summed E-state index contributed by atoms with van der Waals surface area (Å²) in [4.78, 5) is 14.3. The molecule has 2 heterocycles. The number of aliphatic hydroxyl groups is 1. The van der Waals surface area contributed by atoms with Gasteiger partial charge in [0.15, 0.2) is 5.82 Å². The number of aliphatic hydroxyl groups excluding tert-OH is 1. The summed E-state index contributed by atoms with van der Waals surface area (Å²) in [5, 5.41) is 21.0. The summed E-state index contributed by atoms with van der Waals surface area (Å²) < 4.78 is 1.57. The largest absolute Gasteiger partial charge is 0.393 e. The number of likely N-dealkylation sites (tertiary alicyclic amines) is 1. The lowest BCUT2D eigenvalue weighted by atomic mass is 10.1. The number of carbonyl (C=O) groups excluding carboxylic acids is 1. The van der Waals surface area contributed by atoms with E-state index in [0.29, 0.717) is 6.42 Å². The molecule has 2 rings (SSSR count). The minimum Gasteiger partial charge on any atom is -0.393 e. The Kier molecular flexibility index (Phi) is 4.69. The molecule has 0 bridgehead atoms. The van der Waals surface area contributed by atoms with Crippen LogP contribution in [0.25, 0.3) is 0 Å². The number of nitrogens with zero attached hydrogens (tertiary/aromatic N) is 5. The number of aromatic nitrogens is 4. The molecule has 1 aromatic rings. The Morgan fingerprint density at radius 3 is 2.85 bits per heavy atom. The molecule has 0 aromatic carbocycles. The van der Waals surface area contributed by atoms with Crippen LogP contribution in [-0.4, -0.2) is 54.8 Å². The van der Waals surface area contributed by atoms with Crippen molar-refractivity contribution in [2.45, 2.75) is 64.6 Å². The van der Waals surface area contributed by atoms with E-state index in [1.165, 1.54) is 0 Å². The first-order valence-electron chi connectivity index (χ1n) is 7.22. The average Bonchev–Trinajstić information content (AvgIpc) is 2.96. The normalized spacial score (nSPS) is 20.6. The first-order valence-corrected chi connectivity index (χ1v) is 7.22. The first-order chi connectivity index (χ1) is 9.49. The number of hydrogen-bond donors (Lipinski definition) is 1. The van der Waals surface area contributed by atoms with Gasteiger partial charge in [0.2, 0.25) is 5.91 Å². The second-order valence-corrected chi connectivity index (χ2v) is 5.82. The number of tetrazole rings is 1. The maximum absolute atomic E-state index is 12.4. The average molecular weight is 281 g/mol. The molecule has 7 heteroatoms. The molecule has 1 N–H and O–H groups in total. The third kappa shape index (κ3) is 3.33. The maximum Gasteiger partial charge on any atom is 0.244 e. The van der Waals surface area contributed by atoms with Gasteiger partial charge in [-0.1, -0.05) is 13.8 Å². The lowest BCUT2D eigenvalue weighted by Gasteiger charge is -2.25. The standard InChI is InChI=1S/C13H23N5O2/c1-9(2)13-14-15-16-18(13)8-12(20)17-6-4-5-11(17)7-10(3)19/h9-11,19H,4-8H2,1-3H3. The van der Waals surface area contributed by atoms with Crippen LogP contribution in [0.1, 0.15) is 51.8 Å². The molecule has 1 aliphatic heterocycles. The summed E-state index contributed by atoms with van der Waals surface area (Å²) >= 11 is 0. The Bertz CT molecular complexity index is 457. The number of hydrogen-bond acceptors (Lipinski definition) is 5. The van der Waals surface area contributed by atoms with Crippen molar-refractivity contribution in [3.8, 4) is 0 Å². The van der Waals surface area contributed by atoms with E-state index in [9.17, 15) is 9.90 Å². The van der Waals surface area contributed by atoms with Gasteiger partial charge in [0.05, 0.1) is 6.10 Å². The molecule has 1 amide bonds. The van der Waals surface area contributed by atoms with Crippen molar-refractivity contribution in [3.63, 3.8) is 0 Å². The van der Waals surface area contributed by atoms with Crippen LogP contribution in [0.5, 0.6) is 0 Å². The molecule has 1 aromatic heterocycles. The quantitative estimate of drug-likeness (QED) is 0.852. The minimum atomic E-state index is -0.382. The Hall–Kier alpha value is -1.50. The molecule has 2 atom stereocenters. The van der Waals surface area contributed by atoms with Crippen LogP contribution < -0.4 is 0 Å². The summed E-state index contributed by atoms with van der Waals surface area (Å²) in [7, 11) is 0. The minimum absolute atomic E-state index is 0.0300. The van der Waals surface area contributed by atoms with Gasteiger partial charge in [0, 0.05) is 18.5 Å².